The van der Waals surface area contributed by atoms with Crippen molar-refractivity contribution in [3.05, 3.63) is 59.1 Å². The summed E-state index contributed by atoms with van der Waals surface area (Å²) in [4.78, 5) is 0. The zero-order chi connectivity index (χ0) is 12.5. The van der Waals surface area contributed by atoms with E-state index in [9.17, 15) is 0 Å². The molecule has 0 amide bonds. The second-order valence-corrected chi connectivity index (χ2v) is 6.27. The van der Waals surface area contributed by atoms with Gasteiger partial charge in [0.2, 0.25) is 3.79 Å². The molecule has 4 heteroatoms. The molecule has 0 aliphatic carbocycles. The summed E-state index contributed by atoms with van der Waals surface area (Å²) in [6, 6.07) is 14.9. The maximum Gasteiger partial charge on any atom is 0.216 e. The molecule has 0 aliphatic rings. The van der Waals surface area contributed by atoms with E-state index in [-0.39, 0.29) is 0 Å². The molecule has 2 aromatic carbocycles. The highest BCUT2D eigenvalue weighted by molar-refractivity contribution is 6.67. The summed E-state index contributed by atoms with van der Waals surface area (Å²) in [6.07, 6.45) is 0. The summed E-state index contributed by atoms with van der Waals surface area (Å²) in [5, 5.41) is 0.681. The van der Waals surface area contributed by atoms with Crippen LogP contribution < -0.4 is 0 Å². The van der Waals surface area contributed by atoms with E-state index in [0.717, 1.165) is 11.1 Å². The average molecular weight is 306 g/mol. The third-order valence-electron chi connectivity index (χ3n) is 2.39. The van der Waals surface area contributed by atoms with E-state index >= 15 is 0 Å². The summed E-state index contributed by atoms with van der Waals surface area (Å²) in [5.41, 5.74) is 2.52. The van der Waals surface area contributed by atoms with Crippen LogP contribution in [-0.4, -0.2) is 0 Å². The Morgan fingerprint density at radius 3 is 1.94 bits per heavy atom. The van der Waals surface area contributed by atoms with E-state index in [0.29, 0.717) is 10.6 Å². The van der Waals surface area contributed by atoms with Gasteiger partial charge in [0.1, 0.15) is 0 Å². The van der Waals surface area contributed by atoms with Gasteiger partial charge in [-0.25, -0.2) is 0 Å². The van der Waals surface area contributed by atoms with Gasteiger partial charge >= 0.3 is 0 Å². The lowest BCUT2D eigenvalue weighted by Crippen LogP contribution is -2.02. The third kappa shape index (κ3) is 3.08. The van der Waals surface area contributed by atoms with Crippen LogP contribution in [0.3, 0.4) is 0 Å². The second kappa shape index (κ2) is 5.07. The highest BCUT2D eigenvalue weighted by Gasteiger charge is 2.25. The Morgan fingerprint density at radius 2 is 1.35 bits per heavy atom. The van der Waals surface area contributed by atoms with Gasteiger partial charge in [0, 0.05) is 10.6 Å². The first-order chi connectivity index (χ1) is 7.98. The first-order valence-electron chi connectivity index (χ1n) is 4.90. The van der Waals surface area contributed by atoms with Crippen LogP contribution >= 0.6 is 46.4 Å². The van der Waals surface area contributed by atoms with Crippen LogP contribution in [0.15, 0.2) is 48.5 Å². The second-order valence-electron chi connectivity index (χ2n) is 3.55. The standard InChI is InChI=1S/C13H8Cl4/c14-10-7-5-9(6-8-10)11-3-1-2-4-12(11)13(15,16)17/h1-8H. The topological polar surface area (TPSA) is 0 Å². The van der Waals surface area contributed by atoms with Gasteiger partial charge in [-0.05, 0) is 23.3 Å². The predicted octanol–water partition coefficient (Wildman–Crippen LogP) is 5.83. The Labute approximate surface area is 120 Å². The van der Waals surface area contributed by atoms with Gasteiger partial charge in [0.15, 0.2) is 0 Å². The predicted molar refractivity (Wildman–Crippen MR) is 76.1 cm³/mol. The zero-order valence-electron chi connectivity index (χ0n) is 8.63. The van der Waals surface area contributed by atoms with Gasteiger partial charge in [-0.1, -0.05) is 82.8 Å². The molecule has 0 bridgehead atoms. The fraction of sp³-hybridized carbons (Fsp3) is 0.0769. The SMILES string of the molecule is Clc1ccc(-c2ccccc2C(Cl)(Cl)Cl)cc1. The molecule has 0 aliphatic heterocycles. The molecule has 0 aromatic heterocycles. The lowest BCUT2D eigenvalue weighted by atomic mass is 10.0. The molecule has 0 saturated carbocycles. The van der Waals surface area contributed by atoms with Crippen molar-refractivity contribution in [2.45, 2.75) is 3.79 Å². The van der Waals surface area contributed by atoms with Crippen molar-refractivity contribution in [3.63, 3.8) is 0 Å². The van der Waals surface area contributed by atoms with Crippen molar-refractivity contribution in [3.8, 4) is 11.1 Å². The summed E-state index contributed by atoms with van der Waals surface area (Å²) >= 11 is 23.7. The molecule has 0 nitrogen and oxygen atoms in total. The molecule has 0 heterocycles. The minimum Gasteiger partial charge on any atom is -0.0843 e. The Bertz CT molecular complexity index is 512. The van der Waals surface area contributed by atoms with Crippen LogP contribution in [0.1, 0.15) is 5.56 Å². The first kappa shape index (κ1) is 13.0. The van der Waals surface area contributed by atoms with Gasteiger partial charge < -0.3 is 0 Å². The van der Waals surface area contributed by atoms with Crippen LogP contribution in [-0.2, 0) is 3.79 Å². The summed E-state index contributed by atoms with van der Waals surface area (Å²) in [7, 11) is 0. The molecule has 0 saturated heterocycles. The maximum absolute atomic E-state index is 5.95. The number of alkyl halides is 3. The fourth-order valence-electron chi connectivity index (χ4n) is 1.61. The average Bonchev–Trinajstić information content (AvgIpc) is 2.29. The molecule has 0 unspecified atom stereocenters. The fourth-order valence-corrected chi connectivity index (χ4v) is 2.23. The van der Waals surface area contributed by atoms with Gasteiger partial charge in [-0.15, -0.1) is 0 Å². The lowest BCUT2D eigenvalue weighted by Gasteiger charge is -2.16. The number of hydrogen-bond donors (Lipinski definition) is 0. The van der Waals surface area contributed by atoms with Crippen LogP contribution in [0.4, 0.5) is 0 Å². The number of rotatable bonds is 1. The molecular formula is C13H8Cl4. The normalized spacial score (nSPS) is 11.5. The molecule has 17 heavy (non-hydrogen) atoms. The third-order valence-corrected chi connectivity index (χ3v) is 3.25. The largest absolute Gasteiger partial charge is 0.216 e. The summed E-state index contributed by atoms with van der Waals surface area (Å²) in [6.45, 7) is 0. The molecule has 2 aromatic rings. The van der Waals surface area contributed by atoms with Crippen molar-refractivity contribution in [1.29, 1.82) is 0 Å². The molecule has 0 N–H and O–H groups in total. The molecule has 0 spiro atoms. The number of benzene rings is 2. The minimum atomic E-state index is -1.43. The van der Waals surface area contributed by atoms with Crippen LogP contribution in [0.25, 0.3) is 11.1 Å². The van der Waals surface area contributed by atoms with Crippen LogP contribution in [0.5, 0.6) is 0 Å². The van der Waals surface area contributed by atoms with E-state index in [1.807, 2.05) is 42.5 Å². The Morgan fingerprint density at radius 1 is 0.765 bits per heavy atom. The molecule has 0 fully saturated rings. The van der Waals surface area contributed by atoms with Gasteiger partial charge in [-0.3, -0.25) is 0 Å². The van der Waals surface area contributed by atoms with Gasteiger partial charge in [0.05, 0.1) is 0 Å². The van der Waals surface area contributed by atoms with Crippen LogP contribution in [0, 0.1) is 0 Å². The van der Waals surface area contributed by atoms with Gasteiger partial charge in [0.25, 0.3) is 0 Å². The number of hydrogen-bond acceptors (Lipinski definition) is 0. The Balaban J connectivity index is 2.56. The van der Waals surface area contributed by atoms with E-state index in [2.05, 4.69) is 0 Å². The Hall–Kier alpha value is -0.400. The van der Waals surface area contributed by atoms with Crippen molar-refractivity contribution in [2.24, 2.45) is 0 Å². The zero-order valence-corrected chi connectivity index (χ0v) is 11.7. The van der Waals surface area contributed by atoms with E-state index in [1.54, 1.807) is 6.07 Å². The van der Waals surface area contributed by atoms with Crippen molar-refractivity contribution in [1.82, 2.24) is 0 Å². The van der Waals surface area contributed by atoms with Crippen molar-refractivity contribution >= 4 is 46.4 Å². The van der Waals surface area contributed by atoms with Crippen molar-refractivity contribution < 1.29 is 0 Å². The van der Waals surface area contributed by atoms with E-state index < -0.39 is 3.79 Å². The van der Waals surface area contributed by atoms with Crippen LogP contribution in [0.2, 0.25) is 5.02 Å². The monoisotopic (exact) mass is 304 g/mol. The molecule has 2 rings (SSSR count). The number of halogens is 4. The summed E-state index contributed by atoms with van der Waals surface area (Å²) in [5.74, 6) is 0. The van der Waals surface area contributed by atoms with E-state index in [4.69, 9.17) is 46.4 Å². The Kier molecular flexibility index (Phi) is 3.89. The molecular weight excluding hydrogens is 298 g/mol. The quantitative estimate of drug-likeness (QED) is 0.581. The molecule has 0 radical (unpaired) electrons. The summed E-state index contributed by atoms with van der Waals surface area (Å²) < 4.78 is -1.43. The minimum absolute atomic E-state index is 0.660. The van der Waals surface area contributed by atoms with Crippen molar-refractivity contribution in [2.75, 3.05) is 0 Å². The maximum atomic E-state index is 5.95. The van der Waals surface area contributed by atoms with Gasteiger partial charge in [-0.2, -0.15) is 0 Å². The van der Waals surface area contributed by atoms with E-state index in [1.165, 1.54) is 0 Å². The highest BCUT2D eigenvalue weighted by atomic mass is 35.6. The molecule has 0 atom stereocenters. The highest BCUT2D eigenvalue weighted by Crippen LogP contribution is 2.43. The molecule has 88 valence electrons. The lowest BCUT2D eigenvalue weighted by molar-refractivity contribution is 1.24. The first-order valence-corrected chi connectivity index (χ1v) is 6.42. The smallest absolute Gasteiger partial charge is 0.0843 e.